The Bertz CT molecular complexity index is 261. The van der Waals surface area contributed by atoms with Crippen LogP contribution >= 0.6 is 11.8 Å². The lowest BCUT2D eigenvalue weighted by Crippen LogP contribution is -2.17. The van der Waals surface area contributed by atoms with E-state index in [-0.39, 0.29) is 5.91 Å². The van der Waals surface area contributed by atoms with Gasteiger partial charge in [0.15, 0.2) is 0 Å². The summed E-state index contributed by atoms with van der Waals surface area (Å²) in [6.07, 6.45) is 0.579. The van der Waals surface area contributed by atoms with Gasteiger partial charge in [-0.1, -0.05) is 18.2 Å². The molecule has 1 amide bonds. The second kappa shape index (κ2) is 5.65. The summed E-state index contributed by atoms with van der Waals surface area (Å²) in [7, 11) is 1.66. The van der Waals surface area contributed by atoms with Crippen molar-refractivity contribution in [3.63, 3.8) is 0 Å². The van der Waals surface area contributed by atoms with Crippen molar-refractivity contribution in [2.24, 2.45) is 0 Å². The molecule has 0 aromatic heterocycles. The summed E-state index contributed by atoms with van der Waals surface area (Å²) < 4.78 is 0. The maximum atomic E-state index is 10.9. The summed E-state index contributed by atoms with van der Waals surface area (Å²) in [4.78, 5) is 12.1. The van der Waals surface area contributed by atoms with E-state index in [1.54, 1.807) is 18.8 Å². The average molecular weight is 195 g/mol. The maximum absolute atomic E-state index is 10.9. The van der Waals surface area contributed by atoms with Crippen molar-refractivity contribution in [2.45, 2.75) is 11.3 Å². The van der Waals surface area contributed by atoms with Crippen LogP contribution in [0.1, 0.15) is 6.42 Å². The number of carbonyl (C=O) groups is 1. The zero-order valence-corrected chi connectivity index (χ0v) is 8.43. The molecule has 0 fully saturated rings. The summed E-state index contributed by atoms with van der Waals surface area (Å²) in [5, 5.41) is 2.60. The number of thioether (sulfide) groups is 1. The second-order valence-electron chi connectivity index (χ2n) is 2.58. The quantitative estimate of drug-likeness (QED) is 0.744. The van der Waals surface area contributed by atoms with Gasteiger partial charge in [0.2, 0.25) is 5.91 Å². The van der Waals surface area contributed by atoms with Crippen LogP contribution in [0.3, 0.4) is 0 Å². The van der Waals surface area contributed by atoms with E-state index in [0.717, 1.165) is 5.75 Å². The van der Waals surface area contributed by atoms with Gasteiger partial charge in [-0.15, -0.1) is 11.8 Å². The highest BCUT2D eigenvalue weighted by molar-refractivity contribution is 7.99. The SMILES string of the molecule is CNC(=O)CCSc1ccccc1. The fourth-order valence-corrected chi connectivity index (χ4v) is 1.78. The molecule has 3 heteroatoms. The van der Waals surface area contributed by atoms with E-state index in [2.05, 4.69) is 17.4 Å². The van der Waals surface area contributed by atoms with Gasteiger partial charge in [-0.2, -0.15) is 0 Å². The van der Waals surface area contributed by atoms with Crippen LogP contribution in [0.4, 0.5) is 0 Å². The van der Waals surface area contributed by atoms with Gasteiger partial charge in [0.25, 0.3) is 0 Å². The van der Waals surface area contributed by atoms with Gasteiger partial charge in [0, 0.05) is 24.1 Å². The van der Waals surface area contributed by atoms with Crippen LogP contribution < -0.4 is 5.32 Å². The first-order chi connectivity index (χ1) is 6.33. The molecule has 1 aromatic carbocycles. The van der Waals surface area contributed by atoms with Crippen LogP contribution in [0.5, 0.6) is 0 Å². The lowest BCUT2D eigenvalue weighted by atomic mass is 10.4. The molecule has 1 N–H and O–H groups in total. The van der Waals surface area contributed by atoms with Crippen molar-refractivity contribution in [1.82, 2.24) is 5.32 Å². The zero-order valence-electron chi connectivity index (χ0n) is 7.62. The highest BCUT2D eigenvalue weighted by Crippen LogP contribution is 2.17. The molecule has 1 rings (SSSR count). The minimum Gasteiger partial charge on any atom is -0.359 e. The smallest absolute Gasteiger partial charge is 0.220 e. The summed E-state index contributed by atoms with van der Waals surface area (Å²) in [5.74, 6) is 0.937. The third-order valence-electron chi connectivity index (χ3n) is 1.62. The Morgan fingerprint density at radius 3 is 2.69 bits per heavy atom. The third-order valence-corrected chi connectivity index (χ3v) is 2.63. The molecule has 0 aliphatic carbocycles. The highest BCUT2D eigenvalue weighted by Gasteiger charge is 1.97. The molecule has 2 nitrogen and oxygen atoms in total. The average Bonchev–Trinajstić information content (AvgIpc) is 2.19. The molecule has 0 aliphatic rings. The van der Waals surface area contributed by atoms with Crippen LogP contribution in [0.25, 0.3) is 0 Å². The Morgan fingerprint density at radius 1 is 1.38 bits per heavy atom. The minimum absolute atomic E-state index is 0.100. The maximum Gasteiger partial charge on any atom is 0.220 e. The predicted octanol–water partition coefficient (Wildman–Crippen LogP) is 1.91. The van der Waals surface area contributed by atoms with E-state index in [4.69, 9.17) is 0 Å². The number of carbonyl (C=O) groups excluding carboxylic acids is 1. The van der Waals surface area contributed by atoms with Crippen LogP contribution in [0, 0.1) is 0 Å². The Morgan fingerprint density at radius 2 is 2.08 bits per heavy atom. The molecule has 0 unspecified atom stereocenters. The molecule has 0 heterocycles. The second-order valence-corrected chi connectivity index (χ2v) is 3.75. The number of hydrogen-bond donors (Lipinski definition) is 1. The molecule has 0 radical (unpaired) electrons. The van der Waals surface area contributed by atoms with Crippen molar-refractivity contribution >= 4 is 17.7 Å². The molecule has 1 aromatic rings. The van der Waals surface area contributed by atoms with E-state index in [0.29, 0.717) is 6.42 Å². The Kier molecular flexibility index (Phi) is 4.40. The first kappa shape index (κ1) is 10.1. The van der Waals surface area contributed by atoms with Crippen molar-refractivity contribution in [2.75, 3.05) is 12.8 Å². The number of rotatable bonds is 4. The van der Waals surface area contributed by atoms with E-state index in [1.807, 2.05) is 18.2 Å². The van der Waals surface area contributed by atoms with Gasteiger partial charge >= 0.3 is 0 Å². The predicted molar refractivity (Wildman–Crippen MR) is 55.8 cm³/mol. The van der Waals surface area contributed by atoms with Crippen LogP contribution in [-0.2, 0) is 4.79 Å². The van der Waals surface area contributed by atoms with Crippen molar-refractivity contribution in [3.8, 4) is 0 Å². The zero-order chi connectivity index (χ0) is 9.52. The number of nitrogens with one attached hydrogen (secondary N) is 1. The van der Waals surface area contributed by atoms with Crippen molar-refractivity contribution in [3.05, 3.63) is 30.3 Å². The van der Waals surface area contributed by atoms with E-state index in [9.17, 15) is 4.79 Å². The normalized spacial score (nSPS) is 9.62. The van der Waals surface area contributed by atoms with Gasteiger partial charge in [-0.3, -0.25) is 4.79 Å². The molecule has 0 atom stereocenters. The molecule has 13 heavy (non-hydrogen) atoms. The van der Waals surface area contributed by atoms with Gasteiger partial charge < -0.3 is 5.32 Å². The molecule has 0 saturated carbocycles. The monoisotopic (exact) mass is 195 g/mol. The van der Waals surface area contributed by atoms with Crippen molar-refractivity contribution in [1.29, 1.82) is 0 Å². The first-order valence-electron chi connectivity index (χ1n) is 4.21. The minimum atomic E-state index is 0.100. The summed E-state index contributed by atoms with van der Waals surface area (Å²) in [5.41, 5.74) is 0. The fraction of sp³-hybridized carbons (Fsp3) is 0.300. The Balaban J connectivity index is 2.24. The standard InChI is InChI=1S/C10H13NOS/c1-11-10(12)7-8-13-9-5-3-2-4-6-9/h2-6H,7-8H2,1H3,(H,11,12). The molecule has 0 aliphatic heterocycles. The summed E-state index contributed by atoms with van der Waals surface area (Å²) in [6.45, 7) is 0. The van der Waals surface area contributed by atoms with Crippen molar-refractivity contribution < 1.29 is 4.79 Å². The summed E-state index contributed by atoms with van der Waals surface area (Å²) in [6, 6.07) is 10.1. The van der Waals surface area contributed by atoms with E-state index in [1.165, 1.54) is 4.90 Å². The van der Waals surface area contributed by atoms with Crippen LogP contribution in [-0.4, -0.2) is 18.7 Å². The van der Waals surface area contributed by atoms with Crippen LogP contribution in [0.15, 0.2) is 35.2 Å². The largest absolute Gasteiger partial charge is 0.359 e. The molecular formula is C10H13NOS. The van der Waals surface area contributed by atoms with E-state index >= 15 is 0 Å². The Hall–Kier alpha value is -0.960. The number of hydrogen-bond acceptors (Lipinski definition) is 2. The molecule has 0 saturated heterocycles. The lowest BCUT2D eigenvalue weighted by Gasteiger charge is -2.00. The van der Waals surface area contributed by atoms with Gasteiger partial charge in [-0.05, 0) is 12.1 Å². The van der Waals surface area contributed by atoms with Gasteiger partial charge in [0.05, 0.1) is 0 Å². The molecular weight excluding hydrogens is 182 g/mol. The van der Waals surface area contributed by atoms with E-state index < -0.39 is 0 Å². The molecule has 0 spiro atoms. The van der Waals surface area contributed by atoms with Crippen LogP contribution in [0.2, 0.25) is 0 Å². The number of benzene rings is 1. The third kappa shape index (κ3) is 3.99. The first-order valence-corrected chi connectivity index (χ1v) is 5.20. The Labute approximate surface area is 82.7 Å². The van der Waals surface area contributed by atoms with Gasteiger partial charge in [0.1, 0.15) is 0 Å². The fourth-order valence-electron chi connectivity index (χ4n) is 0.903. The molecule has 0 bridgehead atoms. The lowest BCUT2D eigenvalue weighted by molar-refractivity contribution is -0.120. The number of amides is 1. The summed E-state index contributed by atoms with van der Waals surface area (Å²) >= 11 is 1.70. The molecule has 70 valence electrons. The topological polar surface area (TPSA) is 29.1 Å². The van der Waals surface area contributed by atoms with Gasteiger partial charge in [-0.25, -0.2) is 0 Å². The highest BCUT2D eigenvalue weighted by atomic mass is 32.2.